The molecule has 1 aromatic heterocycles. The van der Waals surface area contributed by atoms with E-state index in [4.69, 9.17) is 0 Å². The zero-order valence-electron chi connectivity index (χ0n) is 14.9. The highest BCUT2D eigenvalue weighted by Crippen LogP contribution is 2.27. The van der Waals surface area contributed by atoms with E-state index in [1.807, 2.05) is 23.1 Å². The van der Waals surface area contributed by atoms with Crippen LogP contribution in [0.25, 0.3) is 0 Å². The van der Waals surface area contributed by atoms with Crippen molar-refractivity contribution < 1.29 is 14.0 Å². The lowest BCUT2D eigenvalue weighted by Gasteiger charge is -2.36. The fraction of sp³-hybridized carbons (Fsp3) is 0.350. The quantitative estimate of drug-likeness (QED) is 0.831. The molecular formula is C20H21FN4O2. The Hall–Kier alpha value is -2.96. The first-order valence-corrected chi connectivity index (χ1v) is 9.12. The summed E-state index contributed by atoms with van der Waals surface area (Å²) in [5.74, 6) is 0.0230. The average molecular weight is 368 g/mol. The molecule has 27 heavy (non-hydrogen) atoms. The predicted octanol–water partition coefficient (Wildman–Crippen LogP) is 1.92. The predicted molar refractivity (Wildman–Crippen MR) is 99.9 cm³/mol. The molecule has 0 N–H and O–H groups in total. The van der Waals surface area contributed by atoms with Crippen LogP contribution in [-0.2, 0) is 9.59 Å². The van der Waals surface area contributed by atoms with Crippen LogP contribution in [0.5, 0.6) is 0 Å². The zero-order chi connectivity index (χ0) is 18.8. The number of aromatic nitrogens is 1. The van der Waals surface area contributed by atoms with Crippen LogP contribution in [0.2, 0.25) is 0 Å². The van der Waals surface area contributed by atoms with Gasteiger partial charge in [0.15, 0.2) is 0 Å². The van der Waals surface area contributed by atoms with E-state index in [1.54, 1.807) is 18.3 Å². The third-order valence-corrected chi connectivity index (χ3v) is 5.16. The molecule has 2 aliphatic rings. The van der Waals surface area contributed by atoms with E-state index < -0.39 is 0 Å². The van der Waals surface area contributed by atoms with Crippen LogP contribution in [0.4, 0.5) is 15.9 Å². The topological polar surface area (TPSA) is 56.8 Å². The van der Waals surface area contributed by atoms with Gasteiger partial charge < -0.3 is 14.7 Å². The smallest absolute Gasteiger partial charge is 0.228 e. The number of halogens is 1. The van der Waals surface area contributed by atoms with Crippen molar-refractivity contribution in [2.75, 3.05) is 42.5 Å². The van der Waals surface area contributed by atoms with Gasteiger partial charge in [0, 0.05) is 51.0 Å². The van der Waals surface area contributed by atoms with E-state index in [0.29, 0.717) is 25.3 Å². The molecule has 2 aliphatic heterocycles. The van der Waals surface area contributed by atoms with Crippen molar-refractivity contribution in [2.45, 2.75) is 6.42 Å². The molecule has 4 rings (SSSR count). The summed E-state index contributed by atoms with van der Waals surface area (Å²) in [7, 11) is 0. The van der Waals surface area contributed by atoms with E-state index in [2.05, 4.69) is 9.88 Å². The minimum atomic E-state index is -0.388. The Morgan fingerprint density at radius 3 is 2.59 bits per heavy atom. The summed E-state index contributed by atoms with van der Waals surface area (Å²) in [6, 6.07) is 11.7. The number of pyridine rings is 1. The van der Waals surface area contributed by atoms with Gasteiger partial charge in [-0.15, -0.1) is 0 Å². The van der Waals surface area contributed by atoms with E-state index >= 15 is 0 Å². The van der Waals surface area contributed by atoms with Gasteiger partial charge in [0.1, 0.15) is 11.6 Å². The van der Waals surface area contributed by atoms with Crippen LogP contribution in [-0.4, -0.2) is 54.4 Å². The van der Waals surface area contributed by atoms with Gasteiger partial charge in [0.25, 0.3) is 0 Å². The summed E-state index contributed by atoms with van der Waals surface area (Å²) < 4.78 is 13.4. The summed E-state index contributed by atoms with van der Waals surface area (Å²) in [6.45, 7) is 2.97. The molecule has 3 heterocycles. The molecule has 6 nitrogen and oxygen atoms in total. The normalized spacial score (nSPS) is 20.3. The van der Waals surface area contributed by atoms with E-state index in [9.17, 15) is 14.0 Å². The van der Waals surface area contributed by atoms with Crippen LogP contribution in [0.3, 0.4) is 0 Å². The highest BCUT2D eigenvalue weighted by molar-refractivity contribution is 6.00. The van der Waals surface area contributed by atoms with Crippen LogP contribution in [0.1, 0.15) is 6.42 Å². The monoisotopic (exact) mass is 368 g/mol. The van der Waals surface area contributed by atoms with Crippen molar-refractivity contribution in [1.29, 1.82) is 0 Å². The van der Waals surface area contributed by atoms with E-state index in [0.717, 1.165) is 18.9 Å². The Labute approximate surface area is 157 Å². The third kappa shape index (κ3) is 3.63. The molecule has 0 radical (unpaired) electrons. The summed E-state index contributed by atoms with van der Waals surface area (Å²) in [5.41, 5.74) is 0.510. The number of amides is 2. The van der Waals surface area contributed by atoms with Gasteiger partial charge >= 0.3 is 0 Å². The van der Waals surface area contributed by atoms with Crippen molar-refractivity contribution in [3.8, 4) is 0 Å². The SMILES string of the molecule is O=C(C1CC(=O)N(c2cccc(F)c2)C1)N1CCN(c2ccccn2)CC1. The van der Waals surface area contributed by atoms with Gasteiger partial charge in [-0.1, -0.05) is 12.1 Å². The molecule has 1 unspecified atom stereocenters. The molecule has 1 aromatic carbocycles. The van der Waals surface area contributed by atoms with Gasteiger partial charge in [-0.3, -0.25) is 9.59 Å². The molecule has 2 amide bonds. The number of benzene rings is 1. The Kier molecular flexibility index (Phi) is 4.75. The zero-order valence-corrected chi connectivity index (χ0v) is 14.9. The number of anilines is 2. The average Bonchev–Trinajstić information content (AvgIpc) is 3.10. The summed E-state index contributed by atoms with van der Waals surface area (Å²) in [6.07, 6.45) is 1.94. The van der Waals surface area contributed by atoms with Crippen molar-refractivity contribution in [2.24, 2.45) is 5.92 Å². The van der Waals surface area contributed by atoms with Crippen molar-refractivity contribution in [3.63, 3.8) is 0 Å². The summed E-state index contributed by atoms with van der Waals surface area (Å²) >= 11 is 0. The molecular weight excluding hydrogens is 347 g/mol. The van der Waals surface area contributed by atoms with Gasteiger partial charge in [0.05, 0.1) is 5.92 Å². The van der Waals surface area contributed by atoms with Crippen molar-refractivity contribution in [3.05, 3.63) is 54.5 Å². The second-order valence-corrected chi connectivity index (χ2v) is 6.89. The lowest BCUT2D eigenvalue weighted by Crippen LogP contribution is -2.51. The lowest BCUT2D eigenvalue weighted by molar-refractivity contribution is -0.136. The maximum Gasteiger partial charge on any atom is 0.228 e. The fourth-order valence-electron chi connectivity index (χ4n) is 3.72. The van der Waals surface area contributed by atoms with Gasteiger partial charge in [-0.05, 0) is 30.3 Å². The van der Waals surface area contributed by atoms with Gasteiger partial charge in [-0.2, -0.15) is 0 Å². The van der Waals surface area contributed by atoms with Crippen LogP contribution in [0.15, 0.2) is 48.7 Å². The lowest BCUT2D eigenvalue weighted by atomic mass is 10.1. The number of rotatable bonds is 3. The first kappa shape index (κ1) is 17.5. The Morgan fingerprint density at radius 1 is 1.07 bits per heavy atom. The van der Waals surface area contributed by atoms with E-state index in [-0.39, 0.29) is 30.0 Å². The molecule has 0 bridgehead atoms. The van der Waals surface area contributed by atoms with Crippen molar-refractivity contribution >= 4 is 23.3 Å². The first-order chi connectivity index (χ1) is 13.1. The molecule has 0 spiro atoms. The second kappa shape index (κ2) is 7.34. The molecule has 2 fully saturated rings. The number of carbonyl (C=O) groups is 2. The highest BCUT2D eigenvalue weighted by atomic mass is 19.1. The van der Waals surface area contributed by atoms with Crippen LogP contribution < -0.4 is 9.80 Å². The summed E-state index contributed by atoms with van der Waals surface area (Å²) in [4.78, 5) is 35.1. The second-order valence-electron chi connectivity index (χ2n) is 6.89. The van der Waals surface area contributed by atoms with Crippen LogP contribution >= 0.6 is 0 Å². The summed E-state index contributed by atoms with van der Waals surface area (Å²) in [5, 5.41) is 0. The number of carbonyl (C=O) groups excluding carboxylic acids is 2. The largest absolute Gasteiger partial charge is 0.353 e. The Morgan fingerprint density at radius 2 is 1.89 bits per heavy atom. The Bertz CT molecular complexity index is 837. The molecule has 1 atom stereocenters. The number of hydrogen-bond acceptors (Lipinski definition) is 4. The minimum Gasteiger partial charge on any atom is -0.353 e. The maximum absolute atomic E-state index is 13.4. The third-order valence-electron chi connectivity index (χ3n) is 5.16. The van der Waals surface area contributed by atoms with E-state index in [1.165, 1.54) is 17.0 Å². The maximum atomic E-state index is 13.4. The van der Waals surface area contributed by atoms with Gasteiger partial charge in [0.2, 0.25) is 11.8 Å². The standard InChI is InChI=1S/C20H21FN4O2/c21-16-4-3-5-17(13-16)25-14-15(12-19(25)26)20(27)24-10-8-23(9-11-24)18-6-1-2-7-22-18/h1-7,13,15H,8-12,14H2. The first-order valence-electron chi connectivity index (χ1n) is 9.12. The minimum absolute atomic E-state index is 0.00271. The molecule has 0 aliphatic carbocycles. The molecule has 140 valence electrons. The molecule has 2 aromatic rings. The van der Waals surface area contributed by atoms with Gasteiger partial charge in [-0.25, -0.2) is 9.37 Å². The Balaban J connectivity index is 1.37. The van der Waals surface area contributed by atoms with Crippen LogP contribution in [0, 0.1) is 11.7 Å². The highest BCUT2D eigenvalue weighted by Gasteiger charge is 2.38. The number of nitrogens with zero attached hydrogens (tertiary/aromatic N) is 4. The molecule has 2 saturated heterocycles. The fourth-order valence-corrected chi connectivity index (χ4v) is 3.72. The number of hydrogen-bond donors (Lipinski definition) is 0. The van der Waals surface area contributed by atoms with Crippen molar-refractivity contribution in [1.82, 2.24) is 9.88 Å². The number of piperazine rings is 1. The molecule has 0 saturated carbocycles. The molecule has 7 heteroatoms.